The van der Waals surface area contributed by atoms with E-state index in [-0.39, 0.29) is 11.3 Å². The molecule has 1 fully saturated rings. The summed E-state index contributed by atoms with van der Waals surface area (Å²) in [6, 6.07) is 5.65. The van der Waals surface area contributed by atoms with Crippen molar-refractivity contribution in [3.8, 4) is 0 Å². The van der Waals surface area contributed by atoms with Crippen molar-refractivity contribution in [1.29, 1.82) is 0 Å². The predicted molar refractivity (Wildman–Crippen MR) is 102 cm³/mol. The van der Waals surface area contributed by atoms with Crippen LogP contribution >= 0.6 is 11.6 Å². The maximum absolute atomic E-state index is 12.6. The van der Waals surface area contributed by atoms with Crippen molar-refractivity contribution in [3.63, 3.8) is 0 Å². The van der Waals surface area contributed by atoms with Gasteiger partial charge in [-0.05, 0) is 57.5 Å². The molecular weight excluding hydrogens is 336 g/mol. The summed E-state index contributed by atoms with van der Waals surface area (Å²) in [5.74, 6) is 1.12. The summed E-state index contributed by atoms with van der Waals surface area (Å²) in [7, 11) is 0. The van der Waals surface area contributed by atoms with Crippen molar-refractivity contribution in [2.24, 2.45) is 5.41 Å². The van der Waals surface area contributed by atoms with Gasteiger partial charge in [0.1, 0.15) is 5.82 Å². The molecule has 25 heavy (non-hydrogen) atoms. The molecule has 1 aromatic heterocycles. The quantitative estimate of drug-likeness (QED) is 0.774. The molecule has 3 rings (SSSR count). The SMILES string of the molecule is CCN1CCCC(C)(C(=O)NCCCc2nc3ccc(Cl)cc3[nH]2)C1. The first-order valence-corrected chi connectivity index (χ1v) is 9.53. The van der Waals surface area contributed by atoms with Crippen LogP contribution in [0.5, 0.6) is 0 Å². The molecule has 1 aliphatic heterocycles. The van der Waals surface area contributed by atoms with Gasteiger partial charge in [0, 0.05) is 24.5 Å². The van der Waals surface area contributed by atoms with Crippen molar-refractivity contribution < 1.29 is 4.79 Å². The number of carbonyl (C=O) groups excluding carboxylic acids is 1. The van der Waals surface area contributed by atoms with E-state index in [9.17, 15) is 4.79 Å². The van der Waals surface area contributed by atoms with Gasteiger partial charge in [-0.3, -0.25) is 4.79 Å². The molecule has 2 N–H and O–H groups in total. The maximum Gasteiger partial charge on any atom is 0.227 e. The lowest BCUT2D eigenvalue weighted by Crippen LogP contribution is -2.50. The Morgan fingerprint density at radius 1 is 1.48 bits per heavy atom. The Hall–Kier alpha value is -1.59. The molecule has 6 heteroatoms. The summed E-state index contributed by atoms with van der Waals surface area (Å²) in [4.78, 5) is 22.8. The van der Waals surface area contributed by atoms with E-state index in [2.05, 4.69) is 34.0 Å². The fraction of sp³-hybridized carbons (Fsp3) is 0.579. The fourth-order valence-electron chi connectivity index (χ4n) is 3.62. The van der Waals surface area contributed by atoms with Crippen molar-refractivity contribution in [3.05, 3.63) is 29.0 Å². The minimum absolute atomic E-state index is 0.182. The number of imidazole rings is 1. The molecule has 2 aromatic rings. The van der Waals surface area contributed by atoms with E-state index in [0.29, 0.717) is 11.6 Å². The molecule has 0 bridgehead atoms. The molecule has 0 saturated carbocycles. The number of nitrogens with one attached hydrogen (secondary N) is 2. The van der Waals surface area contributed by atoms with Crippen molar-refractivity contribution in [2.75, 3.05) is 26.2 Å². The van der Waals surface area contributed by atoms with E-state index in [1.54, 1.807) is 0 Å². The number of rotatable bonds is 6. The van der Waals surface area contributed by atoms with Crippen LogP contribution in [0.2, 0.25) is 5.02 Å². The maximum atomic E-state index is 12.6. The fourth-order valence-corrected chi connectivity index (χ4v) is 3.80. The third-order valence-corrected chi connectivity index (χ3v) is 5.37. The van der Waals surface area contributed by atoms with Crippen LogP contribution in [0.15, 0.2) is 18.2 Å². The highest BCUT2D eigenvalue weighted by Gasteiger charge is 2.36. The third kappa shape index (κ3) is 4.33. The number of benzene rings is 1. The van der Waals surface area contributed by atoms with Gasteiger partial charge in [0.2, 0.25) is 5.91 Å². The van der Waals surface area contributed by atoms with Crippen molar-refractivity contribution in [2.45, 2.75) is 39.5 Å². The van der Waals surface area contributed by atoms with Gasteiger partial charge in [-0.2, -0.15) is 0 Å². The van der Waals surface area contributed by atoms with Crippen LogP contribution in [0.4, 0.5) is 0 Å². The number of halogens is 1. The number of amides is 1. The van der Waals surface area contributed by atoms with Crippen molar-refractivity contribution in [1.82, 2.24) is 20.2 Å². The minimum atomic E-state index is -0.260. The van der Waals surface area contributed by atoms with Crippen LogP contribution in [0.3, 0.4) is 0 Å². The van der Waals surface area contributed by atoms with Crippen LogP contribution in [0, 0.1) is 5.41 Å². The molecular formula is C19H27ClN4O. The zero-order chi connectivity index (χ0) is 17.9. The van der Waals surface area contributed by atoms with E-state index in [1.807, 2.05) is 18.2 Å². The van der Waals surface area contributed by atoms with Gasteiger partial charge in [0.15, 0.2) is 0 Å². The Balaban J connectivity index is 1.48. The molecule has 1 aliphatic rings. The lowest BCUT2D eigenvalue weighted by atomic mass is 9.81. The first-order valence-electron chi connectivity index (χ1n) is 9.15. The predicted octanol–water partition coefficient (Wildman–Crippen LogP) is 3.39. The van der Waals surface area contributed by atoms with Gasteiger partial charge in [0.25, 0.3) is 0 Å². The van der Waals surface area contributed by atoms with E-state index >= 15 is 0 Å². The third-order valence-electron chi connectivity index (χ3n) is 5.14. The second kappa shape index (κ2) is 7.75. The molecule has 2 heterocycles. The first-order chi connectivity index (χ1) is 12.0. The number of likely N-dealkylation sites (tertiary alicyclic amines) is 1. The number of nitrogens with zero attached hydrogens (tertiary/aromatic N) is 2. The number of H-pyrrole nitrogens is 1. The van der Waals surface area contributed by atoms with Gasteiger partial charge in [-0.1, -0.05) is 18.5 Å². The molecule has 1 unspecified atom stereocenters. The standard InChI is InChI=1S/C19H27ClN4O/c1-3-24-11-5-9-19(2,13-24)18(25)21-10-4-6-17-22-15-8-7-14(20)12-16(15)23-17/h7-8,12H,3-6,9-11,13H2,1-2H3,(H,21,25)(H,22,23). The first kappa shape index (κ1) is 18.2. The van der Waals surface area contributed by atoms with Gasteiger partial charge >= 0.3 is 0 Å². The number of aromatic amines is 1. The van der Waals surface area contributed by atoms with Gasteiger partial charge in [-0.15, -0.1) is 0 Å². The largest absolute Gasteiger partial charge is 0.356 e. The average Bonchev–Trinajstić information content (AvgIpc) is 3.00. The molecule has 1 atom stereocenters. The van der Waals surface area contributed by atoms with Crippen LogP contribution in [0.25, 0.3) is 11.0 Å². The van der Waals surface area contributed by atoms with E-state index < -0.39 is 0 Å². The van der Waals surface area contributed by atoms with E-state index in [4.69, 9.17) is 11.6 Å². The van der Waals surface area contributed by atoms with Crippen molar-refractivity contribution >= 4 is 28.5 Å². The van der Waals surface area contributed by atoms with E-state index in [0.717, 1.165) is 62.2 Å². The second-order valence-electron chi connectivity index (χ2n) is 7.24. The molecule has 136 valence electrons. The summed E-state index contributed by atoms with van der Waals surface area (Å²) in [6.45, 7) is 7.91. The number of piperidine rings is 1. The van der Waals surface area contributed by atoms with Gasteiger partial charge in [0.05, 0.1) is 16.4 Å². The highest BCUT2D eigenvalue weighted by Crippen LogP contribution is 2.29. The van der Waals surface area contributed by atoms with E-state index in [1.165, 1.54) is 0 Å². The zero-order valence-corrected chi connectivity index (χ0v) is 15.8. The Morgan fingerprint density at radius 3 is 3.12 bits per heavy atom. The Labute approximate surface area is 154 Å². The molecule has 0 aliphatic carbocycles. The van der Waals surface area contributed by atoms with Gasteiger partial charge in [-0.25, -0.2) is 4.98 Å². The number of hydrogen-bond donors (Lipinski definition) is 2. The highest BCUT2D eigenvalue weighted by atomic mass is 35.5. The Morgan fingerprint density at radius 2 is 2.32 bits per heavy atom. The number of fused-ring (bicyclic) bond motifs is 1. The normalized spacial score (nSPS) is 21.6. The summed E-state index contributed by atoms with van der Waals surface area (Å²) < 4.78 is 0. The lowest BCUT2D eigenvalue weighted by Gasteiger charge is -2.38. The Kier molecular flexibility index (Phi) is 5.64. The van der Waals surface area contributed by atoms with Gasteiger partial charge < -0.3 is 15.2 Å². The summed E-state index contributed by atoms with van der Waals surface area (Å²) in [5.41, 5.74) is 1.63. The molecule has 1 amide bonds. The van der Waals surface area contributed by atoms with Crippen LogP contribution in [-0.4, -0.2) is 47.0 Å². The van der Waals surface area contributed by atoms with Crippen LogP contribution in [-0.2, 0) is 11.2 Å². The van der Waals surface area contributed by atoms with Crippen LogP contribution < -0.4 is 5.32 Å². The topological polar surface area (TPSA) is 61.0 Å². The average molecular weight is 363 g/mol. The smallest absolute Gasteiger partial charge is 0.227 e. The highest BCUT2D eigenvalue weighted by molar-refractivity contribution is 6.31. The number of aromatic nitrogens is 2. The molecule has 0 spiro atoms. The number of aryl methyl sites for hydroxylation is 1. The molecule has 1 aromatic carbocycles. The summed E-state index contributed by atoms with van der Waals surface area (Å²) in [6.07, 6.45) is 3.75. The lowest BCUT2D eigenvalue weighted by molar-refractivity contribution is -0.133. The summed E-state index contributed by atoms with van der Waals surface area (Å²) in [5, 5.41) is 3.83. The minimum Gasteiger partial charge on any atom is -0.356 e. The molecule has 0 radical (unpaired) electrons. The molecule has 1 saturated heterocycles. The summed E-state index contributed by atoms with van der Waals surface area (Å²) >= 11 is 6.00. The molecule has 5 nitrogen and oxygen atoms in total. The Bertz CT molecular complexity index is 744. The number of hydrogen-bond acceptors (Lipinski definition) is 3. The zero-order valence-electron chi connectivity index (χ0n) is 15.1. The second-order valence-corrected chi connectivity index (χ2v) is 7.67. The monoisotopic (exact) mass is 362 g/mol. The number of carbonyl (C=O) groups is 1. The van der Waals surface area contributed by atoms with Crippen LogP contribution in [0.1, 0.15) is 38.9 Å².